The Morgan fingerprint density at radius 3 is 2.56 bits per heavy atom. The van der Waals surface area contributed by atoms with Gasteiger partial charge in [-0.15, -0.1) is 0 Å². The third-order valence-electron chi connectivity index (χ3n) is 6.22. The third-order valence-corrected chi connectivity index (χ3v) is 6.22. The normalized spacial score (nSPS) is 20.4. The van der Waals surface area contributed by atoms with Crippen molar-refractivity contribution in [3.05, 3.63) is 46.8 Å². The maximum atomic E-state index is 13.0. The number of para-hydroxylation sites is 1. The number of aryl methyl sites for hydroxylation is 2. The summed E-state index contributed by atoms with van der Waals surface area (Å²) in [5.74, 6) is 1.12. The molecule has 0 saturated heterocycles. The number of hydrogen-bond donors (Lipinski definition) is 2. The van der Waals surface area contributed by atoms with Gasteiger partial charge in [-0.1, -0.05) is 24.2 Å². The molecule has 8 heteroatoms. The number of benzene rings is 1. The van der Waals surface area contributed by atoms with E-state index in [4.69, 9.17) is 14.0 Å². The second-order valence-electron chi connectivity index (χ2n) is 8.21. The lowest BCUT2D eigenvalue weighted by atomic mass is 9.67. The maximum absolute atomic E-state index is 13.0. The molecule has 0 atom stereocenters. The van der Waals surface area contributed by atoms with Crippen LogP contribution in [0.5, 0.6) is 5.75 Å². The van der Waals surface area contributed by atoms with E-state index in [1.807, 2.05) is 32.9 Å². The van der Waals surface area contributed by atoms with E-state index < -0.39 is 0 Å². The van der Waals surface area contributed by atoms with Crippen molar-refractivity contribution in [2.45, 2.75) is 64.4 Å². The number of carbonyl (C=O) groups is 2. The van der Waals surface area contributed by atoms with Gasteiger partial charge in [0.1, 0.15) is 17.6 Å². The SMILES string of the molecule is CCNC(=O)OC1CCC(CNC(=O)c2ccccc2OC)(c2c(CC)noc2C)CC1. The number of hydrogen-bond acceptors (Lipinski definition) is 6. The van der Waals surface area contributed by atoms with E-state index >= 15 is 0 Å². The number of amides is 2. The van der Waals surface area contributed by atoms with Crippen LogP contribution in [0.1, 0.15) is 66.9 Å². The first-order valence-electron chi connectivity index (χ1n) is 11.3. The molecule has 2 amide bonds. The standard InChI is InChI=1S/C24H33N3O5/c1-5-19-21(16(3)32-27-19)24(13-11-17(12-14-24)31-23(29)25-6-2)15-26-22(28)18-9-7-8-10-20(18)30-4/h7-10,17H,5-6,11-15H2,1-4H3,(H,25,29)(H,26,28). The van der Waals surface area contributed by atoms with E-state index in [2.05, 4.69) is 15.8 Å². The molecule has 1 saturated carbocycles. The van der Waals surface area contributed by atoms with Crippen molar-refractivity contribution in [1.29, 1.82) is 0 Å². The maximum Gasteiger partial charge on any atom is 0.407 e. The summed E-state index contributed by atoms with van der Waals surface area (Å²) in [6.45, 7) is 6.80. The molecule has 1 aromatic heterocycles. The van der Waals surface area contributed by atoms with E-state index in [1.54, 1.807) is 19.2 Å². The van der Waals surface area contributed by atoms with Gasteiger partial charge in [0.2, 0.25) is 0 Å². The highest BCUT2D eigenvalue weighted by atomic mass is 16.6. The molecular weight excluding hydrogens is 410 g/mol. The predicted molar refractivity (Wildman–Crippen MR) is 120 cm³/mol. The Hall–Kier alpha value is -3.03. The first-order valence-corrected chi connectivity index (χ1v) is 11.3. The van der Waals surface area contributed by atoms with E-state index in [1.165, 1.54) is 0 Å². The van der Waals surface area contributed by atoms with Crippen LogP contribution in [0.4, 0.5) is 4.79 Å². The number of nitrogens with one attached hydrogen (secondary N) is 2. The van der Waals surface area contributed by atoms with E-state index in [0.717, 1.165) is 36.3 Å². The van der Waals surface area contributed by atoms with Crippen LogP contribution in [0.15, 0.2) is 28.8 Å². The molecule has 174 valence electrons. The van der Waals surface area contributed by atoms with Crippen molar-refractivity contribution in [3.8, 4) is 5.75 Å². The largest absolute Gasteiger partial charge is 0.496 e. The molecule has 2 N–H and O–H groups in total. The molecule has 2 aromatic rings. The number of ether oxygens (including phenoxy) is 2. The summed E-state index contributed by atoms with van der Waals surface area (Å²) in [6, 6.07) is 7.17. The number of alkyl carbamates (subject to hydrolysis) is 1. The Kier molecular flexibility index (Phi) is 7.77. The molecule has 0 unspecified atom stereocenters. The lowest BCUT2D eigenvalue weighted by Gasteiger charge is -2.40. The van der Waals surface area contributed by atoms with Crippen molar-refractivity contribution in [2.24, 2.45) is 0 Å². The number of methoxy groups -OCH3 is 1. The summed E-state index contributed by atoms with van der Waals surface area (Å²) in [6.07, 6.45) is 3.12. The minimum Gasteiger partial charge on any atom is -0.496 e. The van der Waals surface area contributed by atoms with E-state index in [-0.39, 0.29) is 23.5 Å². The van der Waals surface area contributed by atoms with Crippen molar-refractivity contribution in [3.63, 3.8) is 0 Å². The number of rotatable bonds is 8. The minimum atomic E-state index is -0.384. The second kappa shape index (κ2) is 10.5. The van der Waals surface area contributed by atoms with Crippen LogP contribution in [-0.4, -0.2) is 43.5 Å². The van der Waals surface area contributed by atoms with Gasteiger partial charge in [0.25, 0.3) is 5.91 Å². The van der Waals surface area contributed by atoms with Gasteiger partial charge in [-0.2, -0.15) is 0 Å². The number of nitrogens with zero attached hydrogens (tertiary/aromatic N) is 1. The van der Waals surface area contributed by atoms with Crippen LogP contribution in [0.2, 0.25) is 0 Å². The third kappa shape index (κ3) is 5.06. The van der Waals surface area contributed by atoms with Crippen LogP contribution in [0, 0.1) is 6.92 Å². The fourth-order valence-electron chi connectivity index (χ4n) is 4.63. The highest BCUT2D eigenvalue weighted by Gasteiger charge is 2.42. The predicted octanol–water partition coefficient (Wildman–Crippen LogP) is 3.91. The molecule has 0 bridgehead atoms. The Balaban J connectivity index is 1.81. The molecule has 1 heterocycles. The summed E-state index contributed by atoms with van der Waals surface area (Å²) < 4.78 is 16.4. The number of carbonyl (C=O) groups excluding carboxylic acids is 2. The molecule has 0 radical (unpaired) electrons. The molecule has 0 aliphatic heterocycles. The molecule has 1 aliphatic rings. The lowest BCUT2D eigenvalue weighted by molar-refractivity contribution is 0.0563. The van der Waals surface area contributed by atoms with Crippen molar-refractivity contribution in [2.75, 3.05) is 20.2 Å². The molecule has 32 heavy (non-hydrogen) atoms. The van der Waals surface area contributed by atoms with Gasteiger partial charge < -0.3 is 24.6 Å². The van der Waals surface area contributed by atoms with Crippen LogP contribution >= 0.6 is 0 Å². The van der Waals surface area contributed by atoms with Crippen molar-refractivity contribution in [1.82, 2.24) is 15.8 Å². The van der Waals surface area contributed by atoms with Gasteiger partial charge in [0.05, 0.1) is 18.4 Å². The van der Waals surface area contributed by atoms with Crippen LogP contribution in [-0.2, 0) is 16.6 Å². The summed E-state index contributed by atoms with van der Waals surface area (Å²) in [5, 5.41) is 10.1. The quantitative estimate of drug-likeness (QED) is 0.641. The monoisotopic (exact) mass is 443 g/mol. The summed E-state index contributed by atoms with van der Waals surface area (Å²) in [4.78, 5) is 24.9. The molecule has 1 aromatic carbocycles. The zero-order valence-corrected chi connectivity index (χ0v) is 19.3. The van der Waals surface area contributed by atoms with Crippen LogP contribution in [0.25, 0.3) is 0 Å². The van der Waals surface area contributed by atoms with E-state index in [0.29, 0.717) is 37.2 Å². The molecule has 0 spiro atoms. The van der Waals surface area contributed by atoms with Gasteiger partial charge in [-0.3, -0.25) is 4.79 Å². The molecule has 1 fully saturated rings. The fourth-order valence-corrected chi connectivity index (χ4v) is 4.63. The molecule has 1 aliphatic carbocycles. The van der Waals surface area contributed by atoms with Crippen LogP contribution < -0.4 is 15.4 Å². The Bertz CT molecular complexity index is 931. The topological polar surface area (TPSA) is 103 Å². The Morgan fingerprint density at radius 1 is 1.19 bits per heavy atom. The lowest BCUT2D eigenvalue weighted by Crippen LogP contribution is -2.45. The summed E-state index contributed by atoms with van der Waals surface area (Å²) in [5.41, 5.74) is 2.14. The summed E-state index contributed by atoms with van der Waals surface area (Å²) in [7, 11) is 1.55. The zero-order valence-electron chi connectivity index (χ0n) is 19.3. The molecule has 3 rings (SSSR count). The Labute approximate surface area is 189 Å². The highest BCUT2D eigenvalue weighted by Crippen LogP contribution is 2.43. The van der Waals surface area contributed by atoms with Crippen molar-refractivity contribution >= 4 is 12.0 Å². The van der Waals surface area contributed by atoms with Gasteiger partial charge in [-0.05, 0) is 58.1 Å². The van der Waals surface area contributed by atoms with Crippen molar-refractivity contribution < 1.29 is 23.6 Å². The highest BCUT2D eigenvalue weighted by molar-refractivity contribution is 5.97. The Morgan fingerprint density at radius 2 is 1.91 bits per heavy atom. The molecular formula is C24H33N3O5. The first-order chi connectivity index (χ1) is 15.4. The van der Waals surface area contributed by atoms with Gasteiger partial charge in [-0.25, -0.2) is 4.79 Å². The second-order valence-corrected chi connectivity index (χ2v) is 8.21. The minimum absolute atomic E-state index is 0.148. The van der Waals surface area contributed by atoms with E-state index in [9.17, 15) is 9.59 Å². The number of aromatic nitrogens is 1. The van der Waals surface area contributed by atoms with Gasteiger partial charge in [0, 0.05) is 24.1 Å². The fraction of sp³-hybridized carbons (Fsp3) is 0.542. The average molecular weight is 444 g/mol. The van der Waals surface area contributed by atoms with Gasteiger partial charge >= 0.3 is 6.09 Å². The van der Waals surface area contributed by atoms with Gasteiger partial charge in [0.15, 0.2) is 0 Å². The average Bonchev–Trinajstić information content (AvgIpc) is 3.20. The van der Waals surface area contributed by atoms with Crippen LogP contribution in [0.3, 0.4) is 0 Å². The first kappa shape index (κ1) is 23.6. The summed E-state index contributed by atoms with van der Waals surface area (Å²) >= 11 is 0. The zero-order chi connectivity index (χ0) is 23.1. The molecule has 8 nitrogen and oxygen atoms in total. The smallest absolute Gasteiger partial charge is 0.407 e.